The lowest BCUT2D eigenvalue weighted by atomic mass is 9.75. The van der Waals surface area contributed by atoms with Gasteiger partial charge in [0.2, 0.25) is 0 Å². The van der Waals surface area contributed by atoms with Crippen molar-refractivity contribution in [1.29, 1.82) is 0 Å². The van der Waals surface area contributed by atoms with Crippen LogP contribution in [0, 0.1) is 11.3 Å². The Balaban J connectivity index is 0.000000220. The van der Waals surface area contributed by atoms with Gasteiger partial charge in [-0.15, -0.1) is 0 Å². The number of aliphatic hydroxyl groups is 1. The van der Waals surface area contributed by atoms with Crippen molar-refractivity contribution in [3.8, 4) is 0 Å². The maximum atomic E-state index is 10.7. The van der Waals surface area contributed by atoms with E-state index in [0.29, 0.717) is 18.4 Å². The van der Waals surface area contributed by atoms with Gasteiger partial charge >= 0.3 is 0 Å². The highest BCUT2D eigenvalue weighted by Crippen LogP contribution is 2.34. The van der Waals surface area contributed by atoms with E-state index in [0.717, 1.165) is 31.6 Å². The zero-order valence-electron chi connectivity index (χ0n) is 15.0. The number of aliphatic hydroxyl groups excluding tert-OH is 1. The quantitative estimate of drug-likeness (QED) is 0.804. The van der Waals surface area contributed by atoms with Crippen LogP contribution in [0.15, 0.2) is 0 Å². The third kappa shape index (κ3) is 7.73. The number of nitrogens with one attached hydrogen (secondary N) is 1. The van der Waals surface area contributed by atoms with E-state index in [-0.39, 0.29) is 5.41 Å². The zero-order valence-corrected chi connectivity index (χ0v) is 15.0. The molecule has 0 aliphatic heterocycles. The third-order valence-electron chi connectivity index (χ3n) is 5.61. The van der Waals surface area contributed by atoms with E-state index < -0.39 is 0 Å². The molecule has 2 aliphatic rings. The lowest BCUT2D eigenvalue weighted by Crippen LogP contribution is -2.36. The second-order valence-electron chi connectivity index (χ2n) is 7.78. The smallest absolute Gasteiger partial charge is 0.129 e. The van der Waals surface area contributed by atoms with Gasteiger partial charge in [0.25, 0.3) is 0 Å². The molecule has 2 fully saturated rings. The number of carbonyl (C=O) groups is 1. The summed E-state index contributed by atoms with van der Waals surface area (Å²) >= 11 is 0. The van der Waals surface area contributed by atoms with Gasteiger partial charge in [-0.2, -0.15) is 0 Å². The molecule has 2 saturated carbocycles. The molecule has 0 aromatic rings. The number of rotatable bonds is 5. The van der Waals surface area contributed by atoms with Gasteiger partial charge in [0.15, 0.2) is 0 Å². The second-order valence-corrected chi connectivity index (χ2v) is 7.78. The number of ketones is 1. The molecule has 0 radical (unpaired) electrons. The SMILES string of the molecule is CC(=O)CCC1CCCCC1.CNC1CCC(C)(CO)CC1. The molecule has 3 heteroatoms. The summed E-state index contributed by atoms with van der Waals surface area (Å²) in [7, 11) is 2.02. The van der Waals surface area contributed by atoms with E-state index in [9.17, 15) is 4.79 Å². The number of Topliss-reactive ketones (excluding diaryl/α,β-unsaturated/α-hetero) is 1. The first-order valence-electron chi connectivity index (χ1n) is 9.26. The summed E-state index contributed by atoms with van der Waals surface area (Å²) in [6.45, 7) is 4.23. The highest BCUT2D eigenvalue weighted by Gasteiger charge is 2.29. The van der Waals surface area contributed by atoms with Crippen molar-refractivity contribution in [2.45, 2.75) is 90.5 Å². The summed E-state index contributed by atoms with van der Waals surface area (Å²) in [5.74, 6) is 1.23. The highest BCUT2D eigenvalue weighted by molar-refractivity contribution is 5.75. The van der Waals surface area contributed by atoms with Gasteiger partial charge in [-0.1, -0.05) is 39.0 Å². The van der Waals surface area contributed by atoms with E-state index in [1.165, 1.54) is 44.9 Å². The number of hydrogen-bond acceptors (Lipinski definition) is 3. The van der Waals surface area contributed by atoms with Gasteiger partial charge in [0.1, 0.15) is 5.78 Å². The Kier molecular flexibility index (Phi) is 9.27. The van der Waals surface area contributed by atoms with E-state index in [4.69, 9.17) is 5.11 Å². The van der Waals surface area contributed by atoms with E-state index >= 15 is 0 Å². The first-order chi connectivity index (χ1) is 10.5. The Morgan fingerprint density at radius 2 is 1.73 bits per heavy atom. The summed E-state index contributed by atoms with van der Waals surface area (Å²) in [5, 5.41) is 12.4. The van der Waals surface area contributed by atoms with Gasteiger partial charge in [-0.3, -0.25) is 0 Å². The lowest BCUT2D eigenvalue weighted by Gasteiger charge is -2.35. The Morgan fingerprint density at radius 3 is 2.18 bits per heavy atom. The number of hydrogen-bond donors (Lipinski definition) is 2. The average molecular weight is 312 g/mol. The van der Waals surface area contributed by atoms with Crippen molar-refractivity contribution >= 4 is 5.78 Å². The normalized spacial score (nSPS) is 29.5. The van der Waals surface area contributed by atoms with Gasteiger partial charge in [-0.05, 0) is 57.4 Å². The molecule has 0 atom stereocenters. The maximum absolute atomic E-state index is 10.7. The minimum absolute atomic E-state index is 0.216. The van der Waals surface area contributed by atoms with Crippen LogP contribution in [0.5, 0.6) is 0 Å². The Morgan fingerprint density at radius 1 is 1.14 bits per heavy atom. The van der Waals surface area contributed by atoms with Crippen molar-refractivity contribution in [2.24, 2.45) is 11.3 Å². The molecule has 130 valence electrons. The van der Waals surface area contributed by atoms with Crippen LogP contribution in [-0.4, -0.2) is 30.6 Å². The van der Waals surface area contributed by atoms with E-state index in [2.05, 4.69) is 12.2 Å². The molecule has 22 heavy (non-hydrogen) atoms. The number of carbonyl (C=O) groups excluding carboxylic acids is 1. The summed E-state index contributed by atoms with van der Waals surface area (Å²) in [6.07, 6.45) is 13.6. The molecule has 3 nitrogen and oxygen atoms in total. The molecule has 0 aromatic heterocycles. The maximum Gasteiger partial charge on any atom is 0.129 e. The van der Waals surface area contributed by atoms with Crippen LogP contribution in [0.1, 0.15) is 84.5 Å². The standard InChI is InChI=1S/C10H18O.C9H19NO/c1-9(11)7-8-10-5-3-2-4-6-10;1-9(7-11)5-3-8(10-2)4-6-9/h10H,2-8H2,1H3;8,10-11H,3-7H2,1-2H3. The van der Waals surface area contributed by atoms with Crippen LogP contribution < -0.4 is 5.32 Å². The third-order valence-corrected chi connectivity index (χ3v) is 5.61. The van der Waals surface area contributed by atoms with Crippen LogP contribution >= 0.6 is 0 Å². The summed E-state index contributed by atoms with van der Waals surface area (Å²) in [4.78, 5) is 10.7. The fourth-order valence-electron chi connectivity index (χ4n) is 3.64. The van der Waals surface area contributed by atoms with Crippen LogP contribution in [0.3, 0.4) is 0 Å². The molecule has 0 saturated heterocycles. The Bertz CT molecular complexity index is 303. The van der Waals surface area contributed by atoms with Crippen molar-refractivity contribution in [3.05, 3.63) is 0 Å². The summed E-state index contributed by atoms with van der Waals surface area (Å²) < 4.78 is 0. The monoisotopic (exact) mass is 311 g/mol. The van der Waals surface area contributed by atoms with Crippen molar-refractivity contribution in [2.75, 3.05) is 13.7 Å². The predicted octanol–water partition coefficient (Wildman–Crippen LogP) is 4.08. The van der Waals surface area contributed by atoms with Crippen molar-refractivity contribution < 1.29 is 9.90 Å². The Hall–Kier alpha value is -0.410. The molecule has 0 bridgehead atoms. The average Bonchev–Trinajstić information content (AvgIpc) is 2.55. The van der Waals surface area contributed by atoms with Gasteiger partial charge < -0.3 is 15.2 Å². The first-order valence-corrected chi connectivity index (χ1v) is 9.26. The van der Waals surface area contributed by atoms with Crippen LogP contribution in [0.2, 0.25) is 0 Å². The highest BCUT2D eigenvalue weighted by atomic mass is 16.3. The van der Waals surface area contributed by atoms with E-state index in [1.54, 1.807) is 6.92 Å². The Labute approximate surface area is 137 Å². The molecule has 0 heterocycles. The molecular formula is C19H37NO2. The predicted molar refractivity (Wildman–Crippen MR) is 93.0 cm³/mol. The van der Waals surface area contributed by atoms with E-state index in [1.807, 2.05) is 7.05 Å². The molecular weight excluding hydrogens is 274 g/mol. The van der Waals surface area contributed by atoms with Gasteiger partial charge in [0, 0.05) is 19.1 Å². The molecule has 2 rings (SSSR count). The molecule has 2 N–H and O–H groups in total. The summed E-state index contributed by atoms with van der Waals surface area (Å²) in [5.41, 5.74) is 0.216. The van der Waals surface area contributed by atoms with Crippen LogP contribution in [0.25, 0.3) is 0 Å². The van der Waals surface area contributed by atoms with Gasteiger partial charge in [0.05, 0.1) is 0 Å². The molecule has 0 amide bonds. The molecule has 0 spiro atoms. The lowest BCUT2D eigenvalue weighted by molar-refractivity contribution is -0.117. The largest absolute Gasteiger partial charge is 0.396 e. The topological polar surface area (TPSA) is 49.3 Å². The van der Waals surface area contributed by atoms with Crippen molar-refractivity contribution in [1.82, 2.24) is 5.32 Å². The van der Waals surface area contributed by atoms with Crippen LogP contribution in [-0.2, 0) is 4.79 Å². The van der Waals surface area contributed by atoms with Gasteiger partial charge in [-0.25, -0.2) is 0 Å². The zero-order chi connectivity index (χ0) is 16.4. The second kappa shape index (κ2) is 10.4. The minimum atomic E-state index is 0.216. The summed E-state index contributed by atoms with van der Waals surface area (Å²) in [6, 6.07) is 0.689. The minimum Gasteiger partial charge on any atom is -0.396 e. The fraction of sp³-hybridized carbons (Fsp3) is 0.947. The van der Waals surface area contributed by atoms with Crippen LogP contribution in [0.4, 0.5) is 0 Å². The van der Waals surface area contributed by atoms with Crippen molar-refractivity contribution in [3.63, 3.8) is 0 Å². The molecule has 0 unspecified atom stereocenters. The molecule has 0 aromatic carbocycles. The first kappa shape index (κ1) is 19.6. The fourth-order valence-corrected chi connectivity index (χ4v) is 3.64. The molecule has 2 aliphatic carbocycles.